The van der Waals surface area contributed by atoms with E-state index < -0.39 is 7.60 Å². The fraction of sp³-hybridized carbons (Fsp3) is 0.400. The lowest BCUT2D eigenvalue weighted by molar-refractivity contribution is 0.387. The summed E-state index contributed by atoms with van der Waals surface area (Å²) in [4.78, 5) is 18.2. The molecule has 0 radical (unpaired) electrons. The minimum absolute atomic E-state index is 0.0587. The first kappa shape index (κ1) is 12.2. The van der Waals surface area contributed by atoms with E-state index in [4.69, 9.17) is 15.5 Å². The van der Waals surface area contributed by atoms with Crippen molar-refractivity contribution >= 4 is 18.6 Å². The van der Waals surface area contributed by atoms with Crippen molar-refractivity contribution in [3.63, 3.8) is 0 Å². The van der Waals surface area contributed by atoms with Crippen molar-refractivity contribution in [3.05, 3.63) is 23.3 Å². The lowest BCUT2D eigenvalue weighted by Crippen LogP contribution is -2.14. The summed E-state index contributed by atoms with van der Waals surface area (Å²) in [5.41, 5.74) is 7.90. The molecule has 1 aromatic carbocycles. The predicted molar refractivity (Wildman–Crippen MR) is 61.3 cm³/mol. The van der Waals surface area contributed by atoms with Gasteiger partial charge in [-0.15, -0.1) is 0 Å². The van der Waals surface area contributed by atoms with Gasteiger partial charge in [0.2, 0.25) is 0 Å². The van der Waals surface area contributed by atoms with Crippen LogP contribution in [0.1, 0.15) is 25.0 Å². The van der Waals surface area contributed by atoms with Gasteiger partial charge in [0.15, 0.2) is 0 Å². The molecule has 0 aliphatic heterocycles. The molecule has 0 heterocycles. The molecule has 0 aliphatic carbocycles. The number of hydrogen-bond donors (Lipinski definition) is 3. The largest absolute Gasteiger partial charge is 0.398 e. The fourth-order valence-electron chi connectivity index (χ4n) is 1.70. The molecule has 0 aliphatic rings. The fourth-order valence-corrected chi connectivity index (χ4v) is 2.42. The third-order valence-corrected chi connectivity index (χ3v) is 3.50. The molecule has 0 unspecified atom stereocenters. The molecule has 0 bridgehead atoms. The van der Waals surface area contributed by atoms with Crippen LogP contribution >= 0.6 is 7.60 Å². The molecule has 0 saturated carbocycles. The highest BCUT2D eigenvalue weighted by Gasteiger charge is 2.22. The summed E-state index contributed by atoms with van der Waals surface area (Å²) in [5.74, 6) is 0. The van der Waals surface area contributed by atoms with Gasteiger partial charge in [-0.1, -0.05) is 19.9 Å². The lowest BCUT2D eigenvalue weighted by atomic mass is 10.0. The van der Waals surface area contributed by atoms with Crippen LogP contribution in [0.4, 0.5) is 5.69 Å². The van der Waals surface area contributed by atoms with E-state index in [1.807, 2.05) is 13.8 Å². The van der Waals surface area contributed by atoms with E-state index >= 15 is 0 Å². The van der Waals surface area contributed by atoms with Crippen LogP contribution in [0.2, 0.25) is 0 Å². The molecule has 0 saturated heterocycles. The van der Waals surface area contributed by atoms with Gasteiger partial charge in [0.1, 0.15) is 0 Å². The van der Waals surface area contributed by atoms with Crippen molar-refractivity contribution < 1.29 is 14.4 Å². The molecule has 1 aromatic rings. The standard InChI is InChI=1S/C10H16NO3P/c1-3-7-5-6-9(15(12,13)14)10(11)8(7)4-2/h5-6H,3-4,11H2,1-2H3,(H2,12,13,14). The summed E-state index contributed by atoms with van der Waals surface area (Å²) in [7, 11) is -4.25. The van der Waals surface area contributed by atoms with Crippen molar-refractivity contribution in [1.82, 2.24) is 0 Å². The molecule has 5 heteroatoms. The summed E-state index contributed by atoms with van der Waals surface area (Å²) in [6.45, 7) is 3.92. The van der Waals surface area contributed by atoms with E-state index in [0.29, 0.717) is 6.42 Å². The zero-order valence-electron chi connectivity index (χ0n) is 8.90. The second-order valence-electron chi connectivity index (χ2n) is 3.39. The average Bonchev–Trinajstić information content (AvgIpc) is 2.15. The molecular formula is C10H16NO3P. The summed E-state index contributed by atoms with van der Waals surface area (Å²) >= 11 is 0. The van der Waals surface area contributed by atoms with Crippen LogP contribution in [0.25, 0.3) is 0 Å². The van der Waals surface area contributed by atoms with Crippen molar-refractivity contribution in [3.8, 4) is 0 Å². The van der Waals surface area contributed by atoms with E-state index in [0.717, 1.165) is 17.5 Å². The zero-order valence-corrected chi connectivity index (χ0v) is 9.79. The van der Waals surface area contributed by atoms with Crippen molar-refractivity contribution in [2.45, 2.75) is 26.7 Å². The van der Waals surface area contributed by atoms with E-state index in [2.05, 4.69) is 0 Å². The smallest absolute Gasteiger partial charge is 0.358 e. The van der Waals surface area contributed by atoms with Crippen LogP contribution in [0, 0.1) is 0 Å². The summed E-state index contributed by atoms with van der Waals surface area (Å²) in [5, 5.41) is -0.0587. The van der Waals surface area contributed by atoms with Gasteiger partial charge in [-0.2, -0.15) is 0 Å². The van der Waals surface area contributed by atoms with Crippen LogP contribution < -0.4 is 11.0 Å². The monoisotopic (exact) mass is 229 g/mol. The first-order valence-corrected chi connectivity index (χ1v) is 6.49. The molecular weight excluding hydrogens is 213 g/mol. The number of aryl methyl sites for hydroxylation is 1. The molecule has 0 amide bonds. The van der Waals surface area contributed by atoms with Crippen molar-refractivity contribution in [2.24, 2.45) is 0 Å². The van der Waals surface area contributed by atoms with Gasteiger partial charge in [0.25, 0.3) is 0 Å². The van der Waals surface area contributed by atoms with Crippen LogP contribution in [-0.4, -0.2) is 9.79 Å². The molecule has 0 atom stereocenters. The van der Waals surface area contributed by atoms with E-state index in [1.165, 1.54) is 6.07 Å². The third-order valence-electron chi connectivity index (χ3n) is 2.48. The quantitative estimate of drug-likeness (QED) is 0.537. The van der Waals surface area contributed by atoms with Gasteiger partial charge < -0.3 is 15.5 Å². The van der Waals surface area contributed by atoms with E-state index in [1.54, 1.807) is 6.07 Å². The maximum absolute atomic E-state index is 11.1. The van der Waals surface area contributed by atoms with Gasteiger partial charge in [-0.25, -0.2) is 0 Å². The van der Waals surface area contributed by atoms with Gasteiger partial charge in [0.05, 0.1) is 11.0 Å². The second kappa shape index (κ2) is 4.35. The molecule has 15 heavy (non-hydrogen) atoms. The predicted octanol–water partition coefficient (Wildman–Crippen LogP) is 1.20. The normalized spacial score (nSPS) is 11.7. The van der Waals surface area contributed by atoms with Crippen molar-refractivity contribution in [2.75, 3.05) is 5.73 Å². The van der Waals surface area contributed by atoms with Crippen LogP contribution in [0.5, 0.6) is 0 Å². The van der Waals surface area contributed by atoms with E-state index in [9.17, 15) is 4.57 Å². The number of anilines is 1. The first-order valence-electron chi connectivity index (χ1n) is 4.88. The summed E-state index contributed by atoms with van der Waals surface area (Å²) in [6.07, 6.45) is 1.50. The molecule has 84 valence electrons. The Balaban J connectivity index is 3.43. The first-order chi connectivity index (χ1) is 6.91. The maximum atomic E-state index is 11.1. The lowest BCUT2D eigenvalue weighted by Gasteiger charge is -2.14. The Bertz CT molecular complexity index is 411. The molecule has 4 N–H and O–H groups in total. The average molecular weight is 229 g/mol. The Morgan fingerprint density at radius 3 is 2.27 bits per heavy atom. The number of nitrogen functional groups attached to an aromatic ring is 1. The maximum Gasteiger partial charge on any atom is 0.358 e. The molecule has 0 fully saturated rings. The SMILES string of the molecule is CCc1ccc(P(=O)(O)O)c(N)c1CC. The van der Waals surface area contributed by atoms with Gasteiger partial charge in [0, 0.05) is 0 Å². The third kappa shape index (κ3) is 2.40. The second-order valence-corrected chi connectivity index (χ2v) is 4.96. The highest BCUT2D eigenvalue weighted by atomic mass is 31.2. The van der Waals surface area contributed by atoms with Gasteiger partial charge in [-0.05, 0) is 30.0 Å². The Morgan fingerprint density at radius 2 is 1.87 bits per heavy atom. The minimum Gasteiger partial charge on any atom is -0.398 e. The number of benzene rings is 1. The zero-order chi connectivity index (χ0) is 11.6. The number of nitrogens with two attached hydrogens (primary N) is 1. The molecule has 4 nitrogen and oxygen atoms in total. The minimum atomic E-state index is -4.25. The van der Waals surface area contributed by atoms with Crippen molar-refractivity contribution in [1.29, 1.82) is 0 Å². The van der Waals surface area contributed by atoms with E-state index in [-0.39, 0.29) is 11.0 Å². The molecule has 0 aromatic heterocycles. The molecule has 1 rings (SSSR count). The highest BCUT2D eigenvalue weighted by Crippen LogP contribution is 2.37. The highest BCUT2D eigenvalue weighted by molar-refractivity contribution is 7.60. The Hall–Kier alpha value is -0.830. The summed E-state index contributed by atoms with van der Waals surface area (Å²) in [6, 6.07) is 3.16. The number of hydrogen-bond acceptors (Lipinski definition) is 2. The Morgan fingerprint density at radius 1 is 1.27 bits per heavy atom. The summed E-state index contributed by atoms with van der Waals surface area (Å²) < 4.78 is 11.1. The topological polar surface area (TPSA) is 83.5 Å². The van der Waals surface area contributed by atoms with Gasteiger partial charge >= 0.3 is 7.60 Å². The Kier molecular flexibility index (Phi) is 3.55. The van der Waals surface area contributed by atoms with Gasteiger partial charge in [-0.3, -0.25) is 4.57 Å². The molecule has 0 spiro atoms. The number of rotatable bonds is 3. The van der Waals surface area contributed by atoms with Crippen LogP contribution in [0.3, 0.4) is 0 Å². The Labute approximate surface area is 89.3 Å². The van der Waals surface area contributed by atoms with Crippen LogP contribution in [-0.2, 0) is 17.4 Å². The van der Waals surface area contributed by atoms with Crippen LogP contribution in [0.15, 0.2) is 12.1 Å².